The SMILES string of the molecule is Cc1ccc(C(=O)Oc2ccc(C=NN(C)C)cc2)cc1. The lowest BCUT2D eigenvalue weighted by Crippen LogP contribution is -2.08. The number of esters is 1. The molecular weight excluding hydrogens is 264 g/mol. The Bertz CT molecular complexity index is 629. The molecule has 0 heterocycles. The summed E-state index contributed by atoms with van der Waals surface area (Å²) in [6.07, 6.45) is 1.74. The van der Waals surface area contributed by atoms with Gasteiger partial charge >= 0.3 is 5.97 Å². The van der Waals surface area contributed by atoms with Crippen LogP contribution in [0.5, 0.6) is 5.75 Å². The maximum absolute atomic E-state index is 12.0. The number of carbonyl (C=O) groups excluding carboxylic acids is 1. The number of aryl methyl sites for hydroxylation is 1. The van der Waals surface area contributed by atoms with Gasteiger partial charge < -0.3 is 9.75 Å². The molecule has 0 atom stereocenters. The lowest BCUT2D eigenvalue weighted by molar-refractivity contribution is 0.0735. The molecule has 0 aromatic heterocycles. The molecule has 2 aromatic carbocycles. The maximum Gasteiger partial charge on any atom is 0.343 e. The predicted molar refractivity (Wildman–Crippen MR) is 83.9 cm³/mol. The molecule has 0 aliphatic rings. The second-order valence-corrected chi connectivity index (χ2v) is 4.92. The normalized spacial score (nSPS) is 10.6. The molecule has 0 amide bonds. The summed E-state index contributed by atoms with van der Waals surface area (Å²) in [6, 6.07) is 14.5. The topological polar surface area (TPSA) is 41.9 Å². The molecule has 0 saturated heterocycles. The summed E-state index contributed by atoms with van der Waals surface area (Å²) in [5.74, 6) is 0.160. The Morgan fingerprint density at radius 3 is 2.24 bits per heavy atom. The molecule has 21 heavy (non-hydrogen) atoms. The molecule has 0 aliphatic heterocycles. The molecule has 0 saturated carbocycles. The van der Waals surface area contributed by atoms with Crippen molar-refractivity contribution in [2.45, 2.75) is 6.92 Å². The second kappa shape index (κ2) is 6.70. The van der Waals surface area contributed by atoms with Crippen LogP contribution in [-0.2, 0) is 0 Å². The van der Waals surface area contributed by atoms with Crippen molar-refractivity contribution in [1.29, 1.82) is 0 Å². The minimum Gasteiger partial charge on any atom is -0.423 e. The molecule has 108 valence electrons. The number of benzene rings is 2. The van der Waals surface area contributed by atoms with Crippen molar-refractivity contribution in [1.82, 2.24) is 5.01 Å². The first-order chi connectivity index (χ1) is 10.0. The van der Waals surface area contributed by atoms with E-state index >= 15 is 0 Å². The van der Waals surface area contributed by atoms with Crippen molar-refractivity contribution in [3.05, 3.63) is 65.2 Å². The summed E-state index contributed by atoms with van der Waals surface area (Å²) in [6.45, 7) is 1.98. The van der Waals surface area contributed by atoms with Gasteiger partial charge in [0.1, 0.15) is 5.75 Å². The zero-order valence-electron chi connectivity index (χ0n) is 12.4. The van der Waals surface area contributed by atoms with Gasteiger partial charge in [0.15, 0.2) is 0 Å². The smallest absolute Gasteiger partial charge is 0.343 e. The second-order valence-electron chi connectivity index (χ2n) is 4.92. The third-order valence-electron chi connectivity index (χ3n) is 2.82. The summed E-state index contributed by atoms with van der Waals surface area (Å²) in [5.41, 5.74) is 2.59. The van der Waals surface area contributed by atoms with Crippen LogP contribution in [0.15, 0.2) is 53.6 Å². The zero-order valence-corrected chi connectivity index (χ0v) is 12.4. The first-order valence-corrected chi connectivity index (χ1v) is 6.65. The van der Waals surface area contributed by atoms with E-state index < -0.39 is 0 Å². The number of nitrogens with zero attached hydrogens (tertiary/aromatic N) is 2. The Morgan fingerprint density at radius 2 is 1.67 bits per heavy atom. The van der Waals surface area contributed by atoms with Gasteiger partial charge in [0.2, 0.25) is 0 Å². The standard InChI is InChI=1S/C17H18N2O2/c1-13-4-8-15(9-5-13)17(20)21-16-10-6-14(7-11-16)12-18-19(2)3/h4-12H,1-3H3. The first-order valence-electron chi connectivity index (χ1n) is 6.65. The van der Waals surface area contributed by atoms with E-state index in [1.54, 1.807) is 35.5 Å². The number of carbonyl (C=O) groups is 1. The highest BCUT2D eigenvalue weighted by molar-refractivity contribution is 5.91. The third kappa shape index (κ3) is 4.45. The number of hydrogen-bond acceptors (Lipinski definition) is 4. The molecular formula is C17H18N2O2. The van der Waals surface area contributed by atoms with Crippen LogP contribution in [-0.4, -0.2) is 31.3 Å². The fourth-order valence-electron chi connectivity index (χ4n) is 1.66. The predicted octanol–water partition coefficient (Wildman–Crippen LogP) is 3.11. The summed E-state index contributed by atoms with van der Waals surface area (Å²) < 4.78 is 5.33. The maximum atomic E-state index is 12.0. The molecule has 2 rings (SSSR count). The Hall–Kier alpha value is -2.62. The summed E-state index contributed by atoms with van der Waals surface area (Å²) in [7, 11) is 3.71. The fourth-order valence-corrected chi connectivity index (χ4v) is 1.66. The van der Waals surface area contributed by atoms with Crippen LogP contribution in [0.2, 0.25) is 0 Å². The van der Waals surface area contributed by atoms with E-state index in [0.29, 0.717) is 11.3 Å². The molecule has 4 heteroatoms. The first kappa shape index (κ1) is 14.8. The molecule has 0 N–H and O–H groups in total. The van der Waals surface area contributed by atoms with E-state index in [9.17, 15) is 4.79 Å². The quantitative estimate of drug-likeness (QED) is 0.374. The monoisotopic (exact) mass is 282 g/mol. The number of hydrogen-bond donors (Lipinski definition) is 0. The highest BCUT2D eigenvalue weighted by Crippen LogP contribution is 2.14. The average Bonchev–Trinajstić information content (AvgIpc) is 2.47. The Morgan fingerprint density at radius 1 is 1.05 bits per heavy atom. The van der Waals surface area contributed by atoms with Crippen LogP contribution in [0.25, 0.3) is 0 Å². The highest BCUT2D eigenvalue weighted by Gasteiger charge is 2.07. The fraction of sp³-hybridized carbons (Fsp3) is 0.176. The van der Waals surface area contributed by atoms with Gasteiger partial charge in [-0.05, 0) is 48.9 Å². The molecule has 0 unspecified atom stereocenters. The third-order valence-corrected chi connectivity index (χ3v) is 2.82. The molecule has 0 spiro atoms. The molecule has 0 radical (unpaired) electrons. The van der Waals surface area contributed by atoms with Crippen LogP contribution in [0.4, 0.5) is 0 Å². The van der Waals surface area contributed by atoms with Crippen LogP contribution in [0.1, 0.15) is 21.5 Å². The van der Waals surface area contributed by atoms with Crippen molar-refractivity contribution in [3.8, 4) is 5.75 Å². The summed E-state index contributed by atoms with van der Waals surface area (Å²) in [4.78, 5) is 12.0. The molecule has 0 bridgehead atoms. The lowest BCUT2D eigenvalue weighted by Gasteiger charge is -2.05. The number of rotatable bonds is 4. The van der Waals surface area contributed by atoms with Crippen LogP contribution >= 0.6 is 0 Å². The van der Waals surface area contributed by atoms with E-state index in [1.165, 1.54) is 0 Å². The van der Waals surface area contributed by atoms with Gasteiger partial charge in [-0.25, -0.2) is 4.79 Å². The van der Waals surface area contributed by atoms with Crippen molar-refractivity contribution in [3.63, 3.8) is 0 Å². The Labute approximate surface area is 124 Å². The minimum atomic E-state index is -0.357. The van der Waals surface area contributed by atoms with Crippen LogP contribution in [0, 0.1) is 6.92 Å². The van der Waals surface area contributed by atoms with Gasteiger partial charge in [0, 0.05) is 14.1 Å². The summed E-state index contributed by atoms with van der Waals surface area (Å²) in [5, 5.41) is 5.86. The number of ether oxygens (including phenoxy) is 1. The van der Waals surface area contributed by atoms with Gasteiger partial charge in [-0.3, -0.25) is 0 Å². The molecule has 2 aromatic rings. The van der Waals surface area contributed by atoms with Gasteiger partial charge in [0.05, 0.1) is 11.8 Å². The van der Waals surface area contributed by atoms with Gasteiger partial charge in [-0.1, -0.05) is 17.7 Å². The van der Waals surface area contributed by atoms with Gasteiger partial charge in [-0.2, -0.15) is 5.10 Å². The van der Waals surface area contributed by atoms with Crippen LogP contribution in [0.3, 0.4) is 0 Å². The zero-order chi connectivity index (χ0) is 15.2. The van der Waals surface area contributed by atoms with Crippen molar-refractivity contribution in [2.75, 3.05) is 14.1 Å². The van der Waals surface area contributed by atoms with E-state index in [4.69, 9.17) is 4.74 Å². The molecule has 0 aliphatic carbocycles. The van der Waals surface area contributed by atoms with Crippen molar-refractivity contribution >= 4 is 12.2 Å². The Kier molecular flexibility index (Phi) is 4.72. The van der Waals surface area contributed by atoms with Gasteiger partial charge in [0.25, 0.3) is 0 Å². The number of hydrazone groups is 1. The highest BCUT2D eigenvalue weighted by atomic mass is 16.5. The van der Waals surface area contributed by atoms with Crippen LogP contribution < -0.4 is 4.74 Å². The Balaban J connectivity index is 2.03. The van der Waals surface area contributed by atoms with E-state index in [-0.39, 0.29) is 5.97 Å². The molecule has 0 fully saturated rings. The average molecular weight is 282 g/mol. The van der Waals surface area contributed by atoms with Crippen molar-refractivity contribution < 1.29 is 9.53 Å². The minimum absolute atomic E-state index is 0.357. The molecule has 4 nitrogen and oxygen atoms in total. The largest absolute Gasteiger partial charge is 0.423 e. The van der Waals surface area contributed by atoms with Gasteiger partial charge in [-0.15, -0.1) is 0 Å². The van der Waals surface area contributed by atoms with E-state index in [0.717, 1.165) is 11.1 Å². The summed E-state index contributed by atoms with van der Waals surface area (Å²) >= 11 is 0. The van der Waals surface area contributed by atoms with E-state index in [2.05, 4.69) is 5.10 Å². The van der Waals surface area contributed by atoms with Crippen molar-refractivity contribution in [2.24, 2.45) is 5.10 Å². The van der Waals surface area contributed by atoms with E-state index in [1.807, 2.05) is 45.3 Å². The lowest BCUT2D eigenvalue weighted by atomic mass is 10.1.